The van der Waals surface area contributed by atoms with E-state index >= 15 is 0 Å². The minimum absolute atomic E-state index is 0.0632. The summed E-state index contributed by atoms with van der Waals surface area (Å²) in [6.07, 6.45) is 2.83. The van der Waals surface area contributed by atoms with Crippen LogP contribution in [0.15, 0.2) is 24.3 Å². The number of aliphatic hydroxyl groups is 1. The summed E-state index contributed by atoms with van der Waals surface area (Å²) in [7, 11) is 0. The Bertz CT molecular complexity index is 695. The molecule has 0 bridgehead atoms. The van der Waals surface area contributed by atoms with Gasteiger partial charge in [0.05, 0.1) is 25.7 Å². The number of benzene rings is 1. The van der Waals surface area contributed by atoms with Gasteiger partial charge in [0.2, 0.25) is 0 Å². The third kappa shape index (κ3) is 3.03. The highest BCUT2D eigenvalue weighted by Gasteiger charge is 2.28. The molecule has 1 atom stereocenters. The monoisotopic (exact) mass is 329 g/mol. The van der Waals surface area contributed by atoms with Crippen molar-refractivity contribution in [3.63, 3.8) is 0 Å². The summed E-state index contributed by atoms with van der Waals surface area (Å²) in [5.41, 5.74) is 1.21. The van der Waals surface area contributed by atoms with Crippen LogP contribution in [0.3, 0.4) is 0 Å². The van der Waals surface area contributed by atoms with Crippen LogP contribution in [-0.4, -0.2) is 46.3 Å². The van der Waals surface area contributed by atoms with Crippen LogP contribution >= 0.6 is 0 Å². The molecule has 0 aliphatic carbocycles. The normalized spacial score (nSPS) is 21.3. The molecular formula is C18H23N3O3. The van der Waals surface area contributed by atoms with Gasteiger partial charge in [0.15, 0.2) is 5.82 Å². The van der Waals surface area contributed by atoms with Crippen molar-refractivity contribution in [3.8, 4) is 5.75 Å². The number of fused-ring (bicyclic) bond motifs is 1. The molecule has 24 heavy (non-hydrogen) atoms. The number of aromatic nitrogens is 3. The Balaban J connectivity index is 1.60. The summed E-state index contributed by atoms with van der Waals surface area (Å²) < 4.78 is 13.2. The average Bonchev–Trinajstić information content (AvgIpc) is 3.06. The van der Waals surface area contributed by atoms with Gasteiger partial charge in [0.1, 0.15) is 11.6 Å². The number of rotatable bonds is 4. The van der Waals surface area contributed by atoms with Gasteiger partial charge in [-0.1, -0.05) is 18.2 Å². The lowest BCUT2D eigenvalue weighted by Crippen LogP contribution is -2.23. The second kappa shape index (κ2) is 6.91. The summed E-state index contributed by atoms with van der Waals surface area (Å²) in [6.45, 7) is 2.69. The number of para-hydroxylation sites is 1. The Kier molecular flexibility index (Phi) is 4.49. The van der Waals surface area contributed by atoms with Crippen LogP contribution in [0.1, 0.15) is 41.9 Å². The fourth-order valence-corrected chi connectivity index (χ4v) is 3.56. The van der Waals surface area contributed by atoms with Crippen molar-refractivity contribution in [2.45, 2.75) is 37.6 Å². The smallest absolute Gasteiger partial charge is 0.154 e. The van der Waals surface area contributed by atoms with E-state index in [1.807, 2.05) is 22.9 Å². The minimum Gasteiger partial charge on any atom is -0.493 e. The molecule has 4 rings (SSSR count). The molecule has 1 aromatic heterocycles. The molecule has 1 aromatic carbocycles. The van der Waals surface area contributed by atoms with Gasteiger partial charge in [-0.05, 0) is 30.9 Å². The van der Waals surface area contributed by atoms with Crippen molar-refractivity contribution in [2.75, 3.05) is 26.4 Å². The molecule has 2 aromatic rings. The molecule has 1 N–H and O–H groups in total. The topological polar surface area (TPSA) is 69.4 Å². The lowest BCUT2D eigenvalue weighted by Gasteiger charge is -2.24. The van der Waals surface area contributed by atoms with E-state index in [4.69, 9.17) is 14.5 Å². The Morgan fingerprint density at radius 3 is 2.83 bits per heavy atom. The second-order valence-electron chi connectivity index (χ2n) is 6.48. The van der Waals surface area contributed by atoms with E-state index in [9.17, 15) is 5.11 Å². The number of hydrogen-bond acceptors (Lipinski definition) is 5. The zero-order chi connectivity index (χ0) is 16.4. The van der Waals surface area contributed by atoms with E-state index < -0.39 is 0 Å². The number of ether oxygens (including phenoxy) is 2. The Morgan fingerprint density at radius 2 is 2.00 bits per heavy atom. The van der Waals surface area contributed by atoms with Crippen LogP contribution in [-0.2, 0) is 17.7 Å². The predicted octanol–water partition coefficient (Wildman–Crippen LogP) is 1.88. The first-order chi connectivity index (χ1) is 11.8. The van der Waals surface area contributed by atoms with E-state index in [2.05, 4.69) is 11.2 Å². The number of aliphatic hydroxyl groups excluding tert-OH is 1. The van der Waals surface area contributed by atoms with Gasteiger partial charge in [0, 0.05) is 19.1 Å². The molecule has 3 heterocycles. The Hall–Kier alpha value is -1.92. The van der Waals surface area contributed by atoms with E-state index in [1.165, 1.54) is 5.56 Å². The molecule has 1 fully saturated rings. The molecule has 128 valence electrons. The largest absolute Gasteiger partial charge is 0.493 e. The van der Waals surface area contributed by atoms with Crippen molar-refractivity contribution >= 4 is 0 Å². The molecule has 6 nitrogen and oxygen atoms in total. The molecule has 2 aliphatic rings. The fourth-order valence-electron chi connectivity index (χ4n) is 3.56. The van der Waals surface area contributed by atoms with Crippen molar-refractivity contribution in [3.05, 3.63) is 41.5 Å². The predicted molar refractivity (Wildman–Crippen MR) is 88.3 cm³/mol. The van der Waals surface area contributed by atoms with Gasteiger partial charge in [0.25, 0.3) is 0 Å². The van der Waals surface area contributed by atoms with Gasteiger partial charge < -0.3 is 14.6 Å². The van der Waals surface area contributed by atoms with Crippen LogP contribution in [0.2, 0.25) is 0 Å². The quantitative estimate of drug-likeness (QED) is 0.927. The van der Waals surface area contributed by atoms with Crippen LogP contribution in [0.25, 0.3) is 0 Å². The molecule has 0 saturated carbocycles. The Labute approximate surface area is 141 Å². The highest BCUT2D eigenvalue weighted by Crippen LogP contribution is 2.33. The third-order valence-electron chi connectivity index (χ3n) is 4.86. The van der Waals surface area contributed by atoms with E-state index in [1.54, 1.807) is 0 Å². The van der Waals surface area contributed by atoms with Gasteiger partial charge in [-0.3, -0.25) is 0 Å². The van der Waals surface area contributed by atoms with Gasteiger partial charge in [-0.25, -0.2) is 9.67 Å². The molecule has 0 radical (unpaired) electrons. The molecule has 2 aliphatic heterocycles. The summed E-state index contributed by atoms with van der Waals surface area (Å²) >= 11 is 0. The third-order valence-corrected chi connectivity index (χ3v) is 4.86. The van der Waals surface area contributed by atoms with Crippen LogP contribution < -0.4 is 4.74 Å². The number of hydrogen-bond donors (Lipinski definition) is 1. The number of nitrogens with zero attached hydrogens (tertiary/aromatic N) is 3. The molecule has 0 spiro atoms. The van der Waals surface area contributed by atoms with E-state index in [0.717, 1.165) is 49.9 Å². The van der Waals surface area contributed by atoms with Crippen molar-refractivity contribution in [2.24, 2.45) is 0 Å². The lowest BCUT2D eigenvalue weighted by molar-refractivity contribution is 0.0835. The molecule has 0 unspecified atom stereocenters. The lowest BCUT2D eigenvalue weighted by atomic mass is 9.96. The summed E-state index contributed by atoms with van der Waals surface area (Å²) in [4.78, 5) is 4.85. The van der Waals surface area contributed by atoms with Crippen molar-refractivity contribution < 1.29 is 14.6 Å². The maximum Gasteiger partial charge on any atom is 0.154 e. The Morgan fingerprint density at radius 1 is 1.17 bits per heavy atom. The van der Waals surface area contributed by atoms with Crippen LogP contribution in [0.5, 0.6) is 5.75 Å². The van der Waals surface area contributed by atoms with Gasteiger partial charge in [-0.15, -0.1) is 0 Å². The first-order valence-electron chi connectivity index (χ1n) is 8.69. The second-order valence-corrected chi connectivity index (χ2v) is 6.48. The van der Waals surface area contributed by atoms with Crippen molar-refractivity contribution in [1.82, 2.24) is 14.8 Å². The van der Waals surface area contributed by atoms with Crippen LogP contribution in [0.4, 0.5) is 0 Å². The first kappa shape index (κ1) is 15.6. The first-order valence-corrected chi connectivity index (χ1v) is 8.69. The zero-order valence-electron chi connectivity index (χ0n) is 13.7. The van der Waals surface area contributed by atoms with Gasteiger partial charge in [-0.2, -0.15) is 5.10 Å². The average molecular weight is 329 g/mol. The highest BCUT2D eigenvalue weighted by atomic mass is 16.5. The molecule has 6 heteroatoms. The minimum atomic E-state index is 0.0632. The maximum absolute atomic E-state index is 9.38. The fraction of sp³-hybridized carbons (Fsp3) is 0.556. The van der Waals surface area contributed by atoms with Crippen molar-refractivity contribution in [1.29, 1.82) is 0 Å². The SMILES string of the molecule is OCCn1nc(C2CCOCC2)nc1[C@H]1COc2ccccc2C1. The summed E-state index contributed by atoms with van der Waals surface area (Å²) in [5, 5.41) is 14.1. The summed E-state index contributed by atoms with van der Waals surface area (Å²) in [5.74, 6) is 3.31. The molecule has 0 amide bonds. The molecular weight excluding hydrogens is 306 g/mol. The zero-order valence-corrected chi connectivity index (χ0v) is 13.7. The maximum atomic E-state index is 9.38. The van der Waals surface area contributed by atoms with E-state index in [0.29, 0.717) is 19.1 Å². The van der Waals surface area contributed by atoms with E-state index in [-0.39, 0.29) is 12.5 Å². The summed E-state index contributed by atoms with van der Waals surface area (Å²) in [6, 6.07) is 8.15. The van der Waals surface area contributed by atoms with Gasteiger partial charge >= 0.3 is 0 Å². The van der Waals surface area contributed by atoms with Crippen LogP contribution in [0, 0.1) is 0 Å². The highest BCUT2D eigenvalue weighted by molar-refractivity contribution is 5.36. The standard InChI is InChI=1S/C18H23N3O3/c22-8-7-21-18(19-17(20-21)13-5-9-23-10-6-13)15-11-14-3-1-2-4-16(14)24-12-15/h1-4,13,15,22H,5-12H2/t15-/m1/s1. The molecule has 1 saturated heterocycles.